The number of likely N-dealkylation sites (tertiary alicyclic amines) is 1. The minimum atomic E-state index is -0.205. The summed E-state index contributed by atoms with van der Waals surface area (Å²) in [5, 5.41) is 9.24. The van der Waals surface area contributed by atoms with Gasteiger partial charge in [-0.25, -0.2) is 0 Å². The summed E-state index contributed by atoms with van der Waals surface area (Å²) in [5.74, 6) is 0.164. The molecule has 4 heteroatoms. The van der Waals surface area contributed by atoms with Gasteiger partial charge in [0, 0.05) is 13.1 Å². The molecule has 1 N–H and O–H groups in total. The Morgan fingerprint density at radius 2 is 2.00 bits per heavy atom. The fourth-order valence-electron chi connectivity index (χ4n) is 1.49. The third kappa shape index (κ3) is 3.32. The van der Waals surface area contributed by atoms with Gasteiger partial charge in [-0.3, -0.25) is 4.79 Å². The molecule has 1 amide bonds. The van der Waals surface area contributed by atoms with Crippen LogP contribution in [0.15, 0.2) is 0 Å². The molecule has 1 fully saturated rings. The van der Waals surface area contributed by atoms with Crippen LogP contribution in [-0.2, 0) is 4.79 Å². The van der Waals surface area contributed by atoms with Crippen LogP contribution in [0.5, 0.6) is 0 Å². The molecule has 0 unspecified atom stereocenters. The molecule has 0 atom stereocenters. The number of hydrogen-bond acceptors (Lipinski definition) is 3. The molecule has 1 aliphatic rings. The van der Waals surface area contributed by atoms with Gasteiger partial charge < -0.3 is 14.9 Å². The number of amides is 1. The molecule has 4 nitrogen and oxygen atoms in total. The van der Waals surface area contributed by atoms with E-state index in [4.69, 9.17) is 0 Å². The number of nitrogens with zero attached hydrogens (tertiary/aromatic N) is 2. The van der Waals surface area contributed by atoms with E-state index in [1.807, 2.05) is 23.9 Å². The molecule has 0 spiro atoms. The van der Waals surface area contributed by atoms with Crippen molar-refractivity contribution in [1.82, 2.24) is 9.80 Å². The summed E-state index contributed by atoms with van der Waals surface area (Å²) in [6.07, 6.45) is 1.24. The largest absolute Gasteiger partial charge is 0.393 e. The van der Waals surface area contributed by atoms with Crippen LogP contribution in [0.3, 0.4) is 0 Å². The van der Waals surface area contributed by atoms with E-state index in [2.05, 4.69) is 0 Å². The molecule has 0 radical (unpaired) electrons. The highest BCUT2D eigenvalue weighted by molar-refractivity contribution is 5.78. The predicted molar refractivity (Wildman–Crippen MR) is 50.4 cm³/mol. The maximum Gasteiger partial charge on any atom is 0.236 e. The van der Waals surface area contributed by atoms with E-state index in [0.717, 1.165) is 12.8 Å². The van der Waals surface area contributed by atoms with Crippen LogP contribution in [0.4, 0.5) is 0 Å². The average molecular weight is 186 g/mol. The summed E-state index contributed by atoms with van der Waals surface area (Å²) in [4.78, 5) is 15.2. The van der Waals surface area contributed by atoms with Crippen molar-refractivity contribution in [3.05, 3.63) is 0 Å². The number of carbonyl (C=O) groups excluding carboxylic acids is 1. The first-order valence-electron chi connectivity index (χ1n) is 4.70. The Morgan fingerprint density at radius 3 is 2.46 bits per heavy atom. The molecule has 0 aliphatic carbocycles. The molecule has 1 rings (SSSR count). The van der Waals surface area contributed by atoms with Crippen LogP contribution in [0.25, 0.3) is 0 Å². The fourth-order valence-corrected chi connectivity index (χ4v) is 1.49. The van der Waals surface area contributed by atoms with Gasteiger partial charge in [-0.15, -0.1) is 0 Å². The van der Waals surface area contributed by atoms with E-state index in [1.54, 1.807) is 0 Å². The van der Waals surface area contributed by atoms with Crippen molar-refractivity contribution < 1.29 is 9.90 Å². The van der Waals surface area contributed by atoms with Crippen molar-refractivity contribution >= 4 is 5.91 Å². The van der Waals surface area contributed by atoms with Gasteiger partial charge in [0.2, 0.25) is 5.91 Å². The summed E-state index contributed by atoms with van der Waals surface area (Å²) in [7, 11) is 3.77. The van der Waals surface area contributed by atoms with Crippen molar-refractivity contribution in [3.8, 4) is 0 Å². The summed E-state index contributed by atoms with van der Waals surface area (Å²) in [6, 6.07) is 0. The summed E-state index contributed by atoms with van der Waals surface area (Å²) >= 11 is 0. The Hall–Kier alpha value is -0.610. The topological polar surface area (TPSA) is 43.8 Å². The van der Waals surface area contributed by atoms with E-state index >= 15 is 0 Å². The van der Waals surface area contributed by atoms with Gasteiger partial charge in [0.1, 0.15) is 0 Å². The first-order valence-corrected chi connectivity index (χ1v) is 4.70. The third-order valence-electron chi connectivity index (χ3n) is 2.27. The molecule has 1 aliphatic heterocycles. The number of aliphatic hydroxyl groups excluding tert-OH is 1. The van der Waals surface area contributed by atoms with Gasteiger partial charge in [-0.2, -0.15) is 0 Å². The van der Waals surface area contributed by atoms with Crippen molar-refractivity contribution in [2.45, 2.75) is 18.9 Å². The zero-order chi connectivity index (χ0) is 9.84. The molecule has 0 aromatic carbocycles. The van der Waals surface area contributed by atoms with Gasteiger partial charge in [0.05, 0.1) is 12.6 Å². The number of rotatable bonds is 2. The summed E-state index contributed by atoms with van der Waals surface area (Å²) < 4.78 is 0. The second-order valence-electron chi connectivity index (χ2n) is 3.85. The van der Waals surface area contributed by atoms with E-state index in [-0.39, 0.29) is 12.0 Å². The molecular formula is C9H18N2O2. The SMILES string of the molecule is CN(C)CC(=O)N1CCC(O)CC1. The van der Waals surface area contributed by atoms with Crippen LogP contribution in [0, 0.1) is 0 Å². The highest BCUT2D eigenvalue weighted by Gasteiger charge is 2.20. The summed E-state index contributed by atoms with van der Waals surface area (Å²) in [6.45, 7) is 1.87. The molecule has 76 valence electrons. The molecule has 0 bridgehead atoms. The number of carbonyl (C=O) groups is 1. The van der Waals surface area contributed by atoms with Gasteiger partial charge in [-0.05, 0) is 26.9 Å². The second kappa shape index (κ2) is 4.58. The second-order valence-corrected chi connectivity index (χ2v) is 3.85. The molecule has 1 saturated heterocycles. The van der Waals surface area contributed by atoms with E-state index in [1.165, 1.54) is 0 Å². The van der Waals surface area contributed by atoms with Crippen molar-refractivity contribution in [3.63, 3.8) is 0 Å². The summed E-state index contributed by atoms with van der Waals surface area (Å²) in [5.41, 5.74) is 0. The van der Waals surface area contributed by atoms with Gasteiger partial charge in [0.15, 0.2) is 0 Å². The lowest BCUT2D eigenvalue weighted by molar-refractivity contribution is -0.133. The Morgan fingerprint density at radius 1 is 1.46 bits per heavy atom. The van der Waals surface area contributed by atoms with Gasteiger partial charge in [-0.1, -0.05) is 0 Å². The van der Waals surface area contributed by atoms with E-state index < -0.39 is 0 Å². The smallest absolute Gasteiger partial charge is 0.236 e. The number of likely N-dealkylation sites (N-methyl/N-ethyl adjacent to an activating group) is 1. The Bertz CT molecular complexity index is 174. The molecule has 0 aromatic heterocycles. The van der Waals surface area contributed by atoms with Crippen molar-refractivity contribution in [1.29, 1.82) is 0 Å². The van der Waals surface area contributed by atoms with Crippen molar-refractivity contribution in [2.75, 3.05) is 33.7 Å². The van der Waals surface area contributed by atoms with Crippen LogP contribution >= 0.6 is 0 Å². The quantitative estimate of drug-likeness (QED) is 0.634. The standard InChI is InChI=1S/C9H18N2O2/c1-10(2)7-9(13)11-5-3-8(12)4-6-11/h8,12H,3-7H2,1-2H3. The third-order valence-corrected chi connectivity index (χ3v) is 2.27. The van der Waals surface area contributed by atoms with Crippen LogP contribution in [-0.4, -0.2) is 60.6 Å². The minimum Gasteiger partial charge on any atom is -0.393 e. The number of hydrogen-bond donors (Lipinski definition) is 1. The lowest BCUT2D eigenvalue weighted by Crippen LogP contribution is -2.43. The molecule has 0 aromatic rings. The van der Waals surface area contributed by atoms with Crippen molar-refractivity contribution in [2.24, 2.45) is 0 Å². The minimum absolute atomic E-state index is 0.164. The normalized spacial score (nSPS) is 19.5. The number of aliphatic hydroxyl groups is 1. The Kier molecular flexibility index (Phi) is 3.69. The molecule has 13 heavy (non-hydrogen) atoms. The highest BCUT2D eigenvalue weighted by atomic mass is 16.3. The monoisotopic (exact) mass is 186 g/mol. The number of piperidine rings is 1. The molecular weight excluding hydrogens is 168 g/mol. The highest BCUT2D eigenvalue weighted by Crippen LogP contribution is 2.09. The van der Waals surface area contributed by atoms with Gasteiger partial charge in [0.25, 0.3) is 0 Å². The Labute approximate surface area is 79.1 Å². The maximum absolute atomic E-state index is 11.5. The first-order chi connectivity index (χ1) is 6.09. The predicted octanol–water partition coefficient (Wildman–Crippen LogP) is -0.469. The zero-order valence-corrected chi connectivity index (χ0v) is 8.36. The van der Waals surface area contributed by atoms with Crippen LogP contribution in [0.1, 0.15) is 12.8 Å². The lowest BCUT2D eigenvalue weighted by Gasteiger charge is -2.30. The lowest BCUT2D eigenvalue weighted by atomic mass is 10.1. The van der Waals surface area contributed by atoms with E-state index in [9.17, 15) is 9.90 Å². The fraction of sp³-hybridized carbons (Fsp3) is 0.889. The average Bonchev–Trinajstić information content (AvgIpc) is 2.04. The zero-order valence-electron chi connectivity index (χ0n) is 8.36. The molecule has 0 saturated carbocycles. The first kappa shape index (κ1) is 10.5. The van der Waals surface area contributed by atoms with E-state index in [0.29, 0.717) is 19.6 Å². The maximum atomic E-state index is 11.5. The Balaban J connectivity index is 2.31. The van der Waals surface area contributed by atoms with Crippen LogP contribution in [0.2, 0.25) is 0 Å². The molecule has 1 heterocycles. The van der Waals surface area contributed by atoms with Gasteiger partial charge >= 0.3 is 0 Å². The van der Waals surface area contributed by atoms with Crippen LogP contribution < -0.4 is 0 Å².